The van der Waals surface area contributed by atoms with E-state index in [-0.39, 0.29) is 16.1 Å². The van der Waals surface area contributed by atoms with Crippen LogP contribution in [0.1, 0.15) is 22.6 Å². The maximum atomic E-state index is 5.64. The summed E-state index contributed by atoms with van der Waals surface area (Å²) in [5.74, 6) is -0.262. The minimum atomic E-state index is -0.262. The lowest BCUT2D eigenvalue weighted by Crippen LogP contribution is -2.29. The molecule has 1 aliphatic rings. The van der Waals surface area contributed by atoms with Crippen molar-refractivity contribution in [2.75, 3.05) is 0 Å². The molecule has 4 rings (SSSR count). The standard InChI is InChI=1S/C21H18N6S2/c22-20(28)26-24-18-15-9-3-4-10-16(15)19(25-27-21(23)29)17(18)14-11-5-7-12-6-1-2-8-13(12)14/h1-11,17H,(H3,22,26,28)(H3,23,27,29)/b24-18-,25-19+. The zero-order chi connectivity index (χ0) is 20.4. The molecule has 0 saturated carbocycles. The smallest absolute Gasteiger partial charge is 0.184 e. The van der Waals surface area contributed by atoms with E-state index in [2.05, 4.69) is 45.3 Å². The Balaban J connectivity index is 1.98. The summed E-state index contributed by atoms with van der Waals surface area (Å²) in [6, 6.07) is 22.3. The molecule has 0 aliphatic heterocycles. The minimum Gasteiger partial charge on any atom is -0.375 e. The van der Waals surface area contributed by atoms with Crippen molar-refractivity contribution < 1.29 is 0 Å². The average Bonchev–Trinajstić information content (AvgIpc) is 3.03. The SMILES string of the molecule is NC(=S)N/N=C1\c2ccccc2/C(=N/NC(N)=S)C1c1cccc2ccccc12. The first kappa shape index (κ1) is 19.0. The van der Waals surface area contributed by atoms with Crippen molar-refractivity contribution in [2.45, 2.75) is 5.92 Å². The van der Waals surface area contributed by atoms with Gasteiger partial charge in [0.15, 0.2) is 10.2 Å². The summed E-state index contributed by atoms with van der Waals surface area (Å²) in [5, 5.41) is 11.5. The molecule has 0 saturated heterocycles. The van der Waals surface area contributed by atoms with Gasteiger partial charge in [-0.1, -0.05) is 66.7 Å². The number of nitrogens with one attached hydrogen (secondary N) is 2. The second-order valence-corrected chi connectivity index (χ2v) is 7.37. The molecule has 0 heterocycles. The third-order valence-electron chi connectivity index (χ3n) is 4.73. The van der Waals surface area contributed by atoms with Gasteiger partial charge in [-0.25, -0.2) is 0 Å². The summed E-state index contributed by atoms with van der Waals surface area (Å²) >= 11 is 9.92. The van der Waals surface area contributed by atoms with Crippen LogP contribution >= 0.6 is 24.4 Å². The molecule has 0 radical (unpaired) electrons. The third kappa shape index (κ3) is 3.67. The second kappa shape index (κ2) is 7.94. The molecule has 1 aliphatic carbocycles. The van der Waals surface area contributed by atoms with Gasteiger partial charge in [-0.05, 0) is 40.8 Å². The van der Waals surface area contributed by atoms with Crippen LogP contribution < -0.4 is 22.3 Å². The van der Waals surface area contributed by atoms with Crippen molar-refractivity contribution >= 4 is 56.9 Å². The van der Waals surface area contributed by atoms with Crippen LogP contribution in [0.2, 0.25) is 0 Å². The molecule has 8 heteroatoms. The summed E-state index contributed by atoms with van der Waals surface area (Å²) in [6.45, 7) is 0. The normalized spacial score (nSPS) is 18.0. The molecular weight excluding hydrogens is 400 g/mol. The number of nitrogens with two attached hydrogens (primary N) is 2. The van der Waals surface area contributed by atoms with E-state index >= 15 is 0 Å². The van der Waals surface area contributed by atoms with E-state index in [4.69, 9.17) is 35.9 Å². The van der Waals surface area contributed by atoms with Gasteiger partial charge < -0.3 is 11.5 Å². The van der Waals surface area contributed by atoms with Crippen LogP contribution in [-0.2, 0) is 0 Å². The van der Waals surface area contributed by atoms with Gasteiger partial charge in [0.25, 0.3) is 0 Å². The number of hydrogen-bond donors (Lipinski definition) is 4. The lowest BCUT2D eigenvalue weighted by molar-refractivity contribution is 0.994. The van der Waals surface area contributed by atoms with Crippen molar-refractivity contribution in [1.82, 2.24) is 10.9 Å². The van der Waals surface area contributed by atoms with Crippen molar-refractivity contribution in [3.05, 3.63) is 83.4 Å². The molecule has 1 atom stereocenters. The third-order valence-corrected chi connectivity index (χ3v) is 4.92. The molecule has 0 fully saturated rings. The van der Waals surface area contributed by atoms with Crippen LogP contribution in [0.15, 0.2) is 76.9 Å². The van der Waals surface area contributed by atoms with Crippen molar-refractivity contribution in [3.8, 4) is 0 Å². The Hall–Kier alpha value is -3.36. The van der Waals surface area contributed by atoms with Gasteiger partial charge in [0, 0.05) is 11.1 Å². The fourth-order valence-electron chi connectivity index (χ4n) is 3.65. The number of hydrazone groups is 2. The van der Waals surface area contributed by atoms with Crippen LogP contribution in [0.3, 0.4) is 0 Å². The monoisotopic (exact) mass is 418 g/mol. The first-order chi connectivity index (χ1) is 14.1. The fourth-order valence-corrected chi connectivity index (χ4v) is 3.74. The molecule has 29 heavy (non-hydrogen) atoms. The molecule has 6 N–H and O–H groups in total. The quantitative estimate of drug-likeness (QED) is 0.385. The zero-order valence-corrected chi connectivity index (χ0v) is 16.9. The van der Waals surface area contributed by atoms with Crippen LogP contribution in [-0.4, -0.2) is 21.6 Å². The first-order valence-electron chi connectivity index (χ1n) is 8.89. The Labute approximate surface area is 178 Å². The number of rotatable bonds is 3. The van der Waals surface area contributed by atoms with Gasteiger partial charge >= 0.3 is 0 Å². The van der Waals surface area contributed by atoms with Gasteiger partial charge in [-0.15, -0.1) is 0 Å². The molecular formula is C21H18N6S2. The maximum Gasteiger partial charge on any atom is 0.184 e. The Bertz CT molecular complexity index is 1130. The average molecular weight is 419 g/mol. The van der Waals surface area contributed by atoms with Gasteiger partial charge in [0.05, 0.1) is 17.3 Å². The van der Waals surface area contributed by atoms with E-state index in [0.717, 1.165) is 38.9 Å². The molecule has 0 spiro atoms. The molecule has 3 aromatic carbocycles. The van der Waals surface area contributed by atoms with Gasteiger partial charge in [-0.2, -0.15) is 10.2 Å². The Morgan fingerprint density at radius 1 is 0.724 bits per heavy atom. The number of thiocarbonyl (C=S) groups is 2. The van der Waals surface area contributed by atoms with Crippen LogP contribution in [0, 0.1) is 0 Å². The van der Waals surface area contributed by atoms with Gasteiger partial charge in [-0.3, -0.25) is 10.9 Å². The van der Waals surface area contributed by atoms with Crippen LogP contribution in [0.5, 0.6) is 0 Å². The summed E-state index contributed by atoms with van der Waals surface area (Å²) in [7, 11) is 0. The topological polar surface area (TPSA) is 101 Å². The largest absolute Gasteiger partial charge is 0.375 e. The highest BCUT2D eigenvalue weighted by Gasteiger charge is 2.37. The molecule has 1 unspecified atom stereocenters. The van der Waals surface area contributed by atoms with E-state index in [9.17, 15) is 0 Å². The molecule has 0 aromatic heterocycles. The van der Waals surface area contributed by atoms with E-state index < -0.39 is 0 Å². The summed E-state index contributed by atoms with van der Waals surface area (Å²) in [4.78, 5) is 0. The van der Waals surface area contributed by atoms with Crippen LogP contribution in [0.4, 0.5) is 0 Å². The van der Waals surface area contributed by atoms with E-state index in [1.165, 1.54) is 0 Å². The highest BCUT2D eigenvalue weighted by Crippen LogP contribution is 2.38. The van der Waals surface area contributed by atoms with E-state index in [1.807, 2.05) is 42.5 Å². The molecule has 0 amide bonds. The Morgan fingerprint density at radius 2 is 1.24 bits per heavy atom. The number of fused-ring (bicyclic) bond motifs is 2. The predicted molar refractivity (Wildman–Crippen MR) is 126 cm³/mol. The van der Waals surface area contributed by atoms with Gasteiger partial charge in [0.1, 0.15) is 0 Å². The number of benzene rings is 3. The van der Waals surface area contributed by atoms with Crippen molar-refractivity contribution in [2.24, 2.45) is 21.7 Å². The molecule has 6 nitrogen and oxygen atoms in total. The lowest BCUT2D eigenvalue weighted by Gasteiger charge is -2.16. The first-order valence-corrected chi connectivity index (χ1v) is 9.71. The molecule has 144 valence electrons. The Kier molecular flexibility index (Phi) is 5.20. The van der Waals surface area contributed by atoms with Crippen LogP contribution in [0.25, 0.3) is 10.8 Å². The lowest BCUT2D eigenvalue weighted by atomic mass is 9.89. The summed E-state index contributed by atoms with van der Waals surface area (Å²) < 4.78 is 0. The summed E-state index contributed by atoms with van der Waals surface area (Å²) in [5.41, 5.74) is 21.2. The van der Waals surface area contributed by atoms with E-state index in [1.54, 1.807) is 0 Å². The number of nitrogens with zero attached hydrogens (tertiary/aromatic N) is 2. The molecule has 3 aromatic rings. The van der Waals surface area contributed by atoms with E-state index in [0.29, 0.717) is 0 Å². The second-order valence-electron chi connectivity index (χ2n) is 6.49. The maximum absolute atomic E-state index is 5.64. The van der Waals surface area contributed by atoms with Gasteiger partial charge in [0.2, 0.25) is 0 Å². The zero-order valence-electron chi connectivity index (χ0n) is 15.3. The minimum absolute atomic E-state index is 0.0956. The summed E-state index contributed by atoms with van der Waals surface area (Å²) in [6.07, 6.45) is 0. The predicted octanol–water partition coefficient (Wildman–Crippen LogP) is 2.71. The highest BCUT2D eigenvalue weighted by atomic mass is 32.1. The molecule has 0 bridgehead atoms. The highest BCUT2D eigenvalue weighted by molar-refractivity contribution is 7.80. The fraction of sp³-hybridized carbons (Fsp3) is 0.0476. The van der Waals surface area contributed by atoms with Crippen molar-refractivity contribution in [3.63, 3.8) is 0 Å². The number of hydrogen-bond acceptors (Lipinski definition) is 4. The van der Waals surface area contributed by atoms with Crippen molar-refractivity contribution in [1.29, 1.82) is 0 Å². The Morgan fingerprint density at radius 3 is 1.83 bits per heavy atom.